The number of thiazole rings is 1. The van der Waals surface area contributed by atoms with Gasteiger partial charge in [0.1, 0.15) is 5.82 Å². The molecule has 7 nitrogen and oxygen atoms in total. The third-order valence-corrected chi connectivity index (χ3v) is 7.13. The van der Waals surface area contributed by atoms with Gasteiger partial charge in [-0.3, -0.25) is 0 Å². The Balaban J connectivity index is 1.32. The number of para-hydroxylation sites is 1. The zero-order chi connectivity index (χ0) is 26.2. The normalized spacial score (nSPS) is 13.9. The monoisotopic (exact) mass is 531 g/mol. The van der Waals surface area contributed by atoms with Crippen molar-refractivity contribution in [1.82, 2.24) is 9.88 Å². The van der Waals surface area contributed by atoms with Crippen LogP contribution in [0.4, 0.5) is 26.2 Å². The maximum Gasteiger partial charge on any atom is 0.319 e. The molecule has 196 valence electrons. The predicted molar refractivity (Wildman–Crippen MR) is 150 cm³/mol. The number of hydrogen-bond acceptors (Lipinski definition) is 5. The number of benzene rings is 3. The molecule has 0 radical (unpaired) electrons. The molecule has 0 atom stereocenters. The molecule has 2 amide bonds. The lowest BCUT2D eigenvalue weighted by atomic mass is 10.1. The van der Waals surface area contributed by atoms with E-state index in [4.69, 9.17) is 9.73 Å². The van der Waals surface area contributed by atoms with Crippen LogP contribution < -0.4 is 20.3 Å². The summed E-state index contributed by atoms with van der Waals surface area (Å²) < 4.78 is 21.0. The fourth-order valence-corrected chi connectivity index (χ4v) is 5.25. The van der Waals surface area contributed by atoms with Crippen molar-refractivity contribution in [3.8, 4) is 11.3 Å². The fraction of sp³-hybridized carbons (Fsp3) is 0.241. The summed E-state index contributed by atoms with van der Waals surface area (Å²) in [5.41, 5.74) is 4.77. The molecular formula is C29H30FN5O2S. The Bertz CT molecular complexity index is 1400. The van der Waals surface area contributed by atoms with Crippen LogP contribution in [0.25, 0.3) is 11.3 Å². The molecule has 4 aromatic rings. The summed E-state index contributed by atoms with van der Waals surface area (Å²) in [7, 11) is 0. The Morgan fingerprint density at radius 1 is 0.974 bits per heavy atom. The van der Waals surface area contributed by atoms with Gasteiger partial charge in [-0.25, -0.2) is 14.2 Å². The van der Waals surface area contributed by atoms with Gasteiger partial charge in [0.25, 0.3) is 0 Å². The molecule has 0 spiro atoms. The molecule has 0 bridgehead atoms. The smallest absolute Gasteiger partial charge is 0.319 e. The zero-order valence-corrected chi connectivity index (χ0v) is 21.8. The number of amides is 2. The van der Waals surface area contributed by atoms with Crippen molar-refractivity contribution in [2.45, 2.75) is 13.0 Å². The van der Waals surface area contributed by atoms with Crippen LogP contribution in [0.3, 0.4) is 0 Å². The summed E-state index contributed by atoms with van der Waals surface area (Å²) in [4.78, 5) is 20.2. The highest BCUT2D eigenvalue weighted by Gasteiger charge is 2.13. The molecule has 9 heteroatoms. The minimum Gasteiger partial charge on any atom is -0.378 e. The number of anilines is 2. The number of morpholine rings is 1. The van der Waals surface area contributed by atoms with Crippen molar-refractivity contribution < 1.29 is 13.9 Å². The minimum atomic E-state index is -0.288. The summed E-state index contributed by atoms with van der Waals surface area (Å²) >= 11 is 1.54. The van der Waals surface area contributed by atoms with Gasteiger partial charge < -0.3 is 24.8 Å². The quantitative estimate of drug-likeness (QED) is 0.289. The van der Waals surface area contributed by atoms with E-state index in [2.05, 4.69) is 49.7 Å². The van der Waals surface area contributed by atoms with Crippen molar-refractivity contribution in [1.29, 1.82) is 0 Å². The molecule has 1 aliphatic heterocycles. The summed E-state index contributed by atoms with van der Waals surface area (Å²) in [5.74, 6) is -0.288. The molecule has 1 fully saturated rings. The van der Waals surface area contributed by atoms with Crippen LogP contribution in [-0.2, 0) is 11.3 Å². The van der Waals surface area contributed by atoms with Crippen LogP contribution in [0.5, 0.6) is 0 Å². The number of ether oxygens (including phenoxy) is 1. The predicted octanol–water partition coefficient (Wildman–Crippen LogP) is 5.64. The molecule has 1 aliphatic rings. The summed E-state index contributed by atoms with van der Waals surface area (Å²) in [5, 5.41) is 7.86. The standard InChI is InChI=1S/C29H30FN5O2S/c30-23-9-11-25(12-10-23)33-29-35(16-4-15-31-28(36)32-24-5-2-1-3-6-24)27(21-38-29)22-7-13-26(14-8-22)34-17-19-37-20-18-34/h1-3,5-14,21H,4,15-20H2,(H2,31,32,36). The Hall–Kier alpha value is -3.95. The van der Waals surface area contributed by atoms with E-state index in [-0.39, 0.29) is 11.8 Å². The maximum absolute atomic E-state index is 13.4. The third-order valence-electron chi connectivity index (χ3n) is 6.26. The molecule has 2 N–H and O–H groups in total. The van der Waals surface area contributed by atoms with E-state index in [1.807, 2.05) is 30.3 Å². The highest BCUT2D eigenvalue weighted by molar-refractivity contribution is 7.07. The van der Waals surface area contributed by atoms with E-state index in [1.54, 1.807) is 23.5 Å². The van der Waals surface area contributed by atoms with Gasteiger partial charge in [-0.1, -0.05) is 30.3 Å². The molecule has 0 saturated carbocycles. The van der Waals surface area contributed by atoms with Gasteiger partial charge in [0.15, 0.2) is 4.80 Å². The number of nitrogens with zero attached hydrogens (tertiary/aromatic N) is 3. The van der Waals surface area contributed by atoms with Crippen LogP contribution >= 0.6 is 11.3 Å². The lowest BCUT2D eigenvalue weighted by molar-refractivity contribution is 0.122. The van der Waals surface area contributed by atoms with Crippen LogP contribution in [0, 0.1) is 5.82 Å². The Morgan fingerprint density at radius 3 is 2.45 bits per heavy atom. The fourth-order valence-electron chi connectivity index (χ4n) is 4.29. The van der Waals surface area contributed by atoms with Crippen LogP contribution in [0.1, 0.15) is 6.42 Å². The van der Waals surface area contributed by atoms with Gasteiger partial charge in [0.05, 0.1) is 24.6 Å². The van der Waals surface area contributed by atoms with Crippen LogP contribution in [0.15, 0.2) is 89.2 Å². The number of urea groups is 1. The molecule has 3 aromatic carbocycles. The Morgan fingerprint density at radius 2 is 1.71 bits per heavy atom. The van der Waals surface area contributed by atoms with E-state index < -0.39 is 0 Å². The summed E-state index contributed by atoms with van der Waals surface area (Å²) in [6, 6.07) is 23.9. The van der Waals surface area contributed by atoms with Crippen molar-refractivity contribution >= 4 is 34.4 Å². The van der Waals surface area contributed by atoms with E-state index in [0.717, 1.165) is 48.0 Å². The van der Waals surface area contributed by atoms with Crippen LogP contribution in [0.2, 0.25) is 0 Å². The maximum atomic E-state index is 13.4. The van der Waals surface area contributed by atoms with Crippen molar-refractivity contribution in [2.24, 2.45) is 4.99 Å². The zero-order valence-electron chi connectivity index (χ0n) is 21.0. The first-order valence-corrected chi connectivity index (χ1v) is 13.6. The molecule has 0 aliphatic carbocycles. The lowest BCUT2D eigenvalue weighted by Gasteiger charge is -2.28. The van der Waals surface area contributed by atoms with Gasteiger partial charge in [0, 0.05) is 42.9 Å². The van der Waals surface area contributed by atoms with E-state index >= 15 is 0 Å². The molecule has 2 heterocycles. The molecular weight excluding hydrogens is 501 g/mol. The van der Waals surface area contributed by atoms with Gasteiger partial charge in [-0.2, -0.15) is 0 Å². The molecule has 1 saturated heterocycles. The average Bonchev–Trinajstić information content (AvgIpc) is 3.35. The minimum absolute atomic E-state index is 0.235. The lowest BCUT2D eigenvalue weighted by Crippen LogP contribution is -2.36. The van der Waals surface area contributed by atoms with E-state index in [1.165, 1.54) is 17.8 Å². The highest BCUT2D eigenvalue weighted by atomic mass is 32.1. The SMILES string of the molecule is O=C(NCCCn1c(-c2ccc(N3CCOCC3)cc2)csc1=Nc1ccc(F)cc1)Nc1ccccc1. The first-order valence-electron chi connectivity index (χ1n) is 12.7. The largest absolute Gasteiger partial charge is 0.378 e. The summed E-state index contributed by atoms with van der Waals surface area (Å²) in [6.45, 7) is 4.45. The first kappa shape index (κ1) is 25.7. The number of carbonyl (C=O) groups excluding carboxylic acids is 1. The molecule has 38 heavy (non-hydrogen) atoms. The number of rotatable bonds is 8. The second-order valence-electron chi connectivity index (χ2n) is 8.89. The van der Waals surface area contributed by atoms with Gasteiger partial charge >= 0.3 is 6.03 Å². The number of carbonyl (C=O) groups is 1. The Kier molecular flexibility index (Phi) is 8.47. The van der Waals surface area contributed by atoms with Crippen molar-refractivity contribution in [2.75, 3.05) is 43.1 Å². The second-order valence-corrected chi connectivity index (χ2v) is 9.73. The number of aromatic nitrogens is 1. The van der Waals surface area contributed by atoms with E-state index in [0.29, 0.717) is 25.2 Å². The molecule has 5 rings (SSSR count). The van der Waals surface area contributed by atoms with Gasteiger partial charge in [0.2, 0.25) is 0 Å². The Labute approximate surface area is 225 Å². The average molecular weight is 532 g/mol. The van der Waals surface area contributed by atoms with E-state index in [9.17, 15) is 9.18 Å². The number of halogens is 1. The van der Waals surface area contributed by atoms with Crippen molar-refractivity contribution in [3.63, 3.8) is 0 Å². The molecule has 1 aromatic heterocycles. The molecule has 0 unspecified atom stereocenters. The third kappa shape index (κ3) is 6.67. The second kappa shape index (κ2) is 12.5. The van der Waals surface area contributed by atoms with Gasteiger partial charge in [-0.15, -0.1) is 11.3 Å². The highest BCUT2D eigenvalue weighted by Crippen LogP contribution is 2.25. The van der Waals surface area contributed by atoms with Gasteiger partial charge in [-0.05, 0) is 60.5 Å². The first-order chi connectivity index (χ1) is 18.7. The number of nitrogens with one attached hydrogen (secondary N) is 2. The van der Waals surface area contributed by atoms with Crippen molar-refractivity contribution in [3.05, 3.63) is 94.9 Å². The van der Waals surface area contributed by atoms with Crippen LogP contribution in [-0.4, -0.2) is 43.4 Å². The summed E-state index contributed by atoms with van der Waals surface area (Å²) in [6.07, 6.45) is 0.717. The number of hydrogen-bond donors (Lipinski definition) is 2. The topological polar surface area (TPSA) is 70.9 Å².